The number of hydrogen-bond donors (Lipinski definition) is 1. The minimum Gasteiger partial charge on any atom is -0.332 e. The Labute approximate surface area is 117 Å². The Hall–Kier alpha value is -0.870. The number of nitrogens with zero attached hydrogens (tertiary/aromatic N) is 1. The molecule has 4 heteroatoms. The smallest absolute Gasteiger partial charge is 0.187 e. The van der Waals surface area contributed by atoms with Crippen molar-refractivity contribution in [3.63, 3.8) is 0 Å². The van der Waals surface area contributed by atoms with Gasteiger partial charge in [0.25, 0.3) is 0 Å². The summed E-state index contributed by atoms with van der Waals surface area (Å²) in [6.45, 7) is 2.20. The van der Waals surface area contributed by atoms with Crippen LogP contribution in [0.5, 0.6) is 0 Å². The number of nitrogens with one attached hydrogen (secondary N) is 1. The fourth-order valence-electron chi connectivity index (χ4n) is 1.48. The summed E-state index contributed by atoms with van der Waals surface area (Å²) in [4.78, 5) is 4.55. The molecule has 0 aliphatic carbocycles. The van der Waals surface area contributed by atoms with Crippen LogP contribution in [0.2, 0.25) is 0 Å². The van der Waals surface area contributed by atoms with E-state index in [0.717, 1.165) is 17.2 Å². The lowest BCUT2D eigenvalue weighted by Crippen LogP contribution is -1.90. The van der Waals surface area contributed by atoms with Gasteiger partial charge in [-0.3, -0.25) is 0 Å². The molecule has 2 nitrogen and oxygen atoms in total. The zero-order valence-corrected chi connectivity index (χ0v) is 12.4. The zero-order chi connectivity index (χ0) is 11.2. The summed E-state index contributed by atoms with van der Waals surface area (Å²) in [6.07, 6.45) is 3.52. The van der Waals surface area contributed by atoms with E-state index < -0.39 is 0 Å². The van der Waals surface area contributed by atoms with Gasteiger partial charge in [0.1, 0.15) is 0 Å². The summed E-state index contributed by atoms with van der Waals surface area (Å²) >= 11 is 1.67. The van der Waals surface area contributed by atoms with Crippen molar-refractivity contribution in [1.29, 1.82) is 0 Å². The third-order valence-corrected chi connectivity index (χ3v) is 3.17. The molecule has 1 N–H and O–H groups in total. The molecule has 1 aromatic heterocycles. The first-order valence-corrected chi connectivity index (χ1v) is 6.53. The molecule has 1 aromatic carbocycles. The largest absolute Gasteiger partial charge is 0.332 e. The van der Waals surface area contributed by atoms with Crippen LogP contribution in [-0.4, -0.2) is 4.98 Å². The van der Waals surface area contributed by atoms with Crippen molar-refractivity contribution in [1.82, 2.24) is 4.98 Å². The van der Waals surface area contributed by atoms with Gasteiger partial charge in [0.05, 0.1) is 5.69 Å². The Morgan fingerprint density at radius 2 is 2.00 bits per heavy atom. The molecule has 0 fully saturated rings. The van der Waals surface area contributed by atoms with Gasteiger partial charge in [-0.25, -0.2) is 4.98 Å². The highest BCUT2D eigenvalue weighted by molar-refractivity contribution is 8.93. The number of unbranched alkanes of at least 4 members (excludes halogenated alkanes) is 1. The van der Waals surface area contributed by atoms with Crippen molar-refractivity contribution in [3.05, 3.63) is 41.4 Å². The van der Waals surface area contributed by atoms with Gasteiger partial charge in [-0.05, 0) is 25.0 Å². The van der Waals surface area contributed by atoms with Gasteiger partial charge in [-0.15, -0.1) is 28.3 Å². The van der Waals surface area contributed by atoms with Crippen molar-refractivity contribution in [2.75, 3.05) is 5.32 Å². The van der Waals surface area contributed by atoms with Crippen LogP contribution in [0.1, 0.15) is 25.5 Å². The van der Waals surface area contributed by atoms with Gasteiger partial charge in [0.2, 0.25) is 0 Å². The van der Waals surface area contributed by atoms with Crippen LogP contribution < -0.4 is 5.32 Å². The lowest BCUT2D eigenvalue weighted by Gasteiger charge is -2.00. The predicted molar refractivity (Wildman–Crippen MR) is 80.8 cm³/mol. The highest BCUT2D eigenvalue weighted by Crippen LogP contribution is 2.21. The summed E-state index contributed by atoms with van der Waals surface area (Å²) in [5.41, 5.74) is 2.30. The second-order valence-corrected chi connectivity index (χ2v) is 4.60. The van der Waals surface area contributed by atoms with Crippen molar-refractivity contribution >= 4 is 39.1 Å². The quantitative estimate of drug-likeness (QED) is 0.857. The molecule has 17 heavy (non-hydrogen) atoms. The van der Waals surface area contributed by atoms with Gasteiger partial charge in [-0.2, -0.15) is 0 Å². The highest BCUT2D eigenvalue weighted by atomic mass is 79.9. The van der Waals surface area contributed by atoms with Gasteiger partial charge in [-0.1, -0.05) is 31.5 Å². The molecule has 92 valence electrons. The topological polar surface area (TPSA) is 24.9 Å². The van der Waals surface area contributed by atoms with Gasteiger partial charge in [0.15, 0.2) is 5.13 Å². The van der Waals surface area contributed by atoms with E-state index in [2.05, 4.69) is 22.6 Å². The number of para-hydroxylation sites is 1. The number of rotatable bonds is 5. The van der Waals surface area contributed by atoms with Crippen LogP contribution >= 0.6 is 28.3 Å². The van der Waals surface area contributed by atoms with Crippen LogP contribution in [0.25, 0.3) is 0 Å². The Kier molecular flexibility index (Phi) is 6.22. The lowest BCUT2D eigenvalue weighted by atomic mass is 10.2. The number of aromatic nitrogens is 1. The van der Waals surface area contributed by atoms with E-state index in [9.17, 15) is 0 Å². The Morgan fingerprint density at radius 1 is 1.24 bits per heavy atom. The Balaban J connectivity index is 0.00000144. The van der Waals surface area contributed by atoms with Gasteiger partial charge >= 0.3 is 0 Å². The molecule has 0 aliphatic rings. The summed E-state index contributed by atoms with van der Waals surface area (Å²) in [6, 6.07) is 10.2. The number of anilines is 2. The summed E-state index contributed by atoms with van der Waals surface area (Å²) in [7, 11) is 0. The molecule has 0 radical (unpaired) electrons. The Bertz CT molecular complexity index is 428. The highest BCUT2D eigenvalue weighted by Gasteiger charge is 2.01. The van der Waals surface area contributed by atoms with Crippen molar-refractivity contribution in [2.24, 2.45) is 0 Å². The maximum Gasteiger partial charge on any atom is 0.187 e. The van der Waals surface area contributed by atoms with Crippen LogP contribution in [0.3, 0.4) is 0 Å². The molecular weight excluding hydrogens is 296 g/mol. The molecule has 0 aliphatic heterocycles. The molecule has 0 spiro atoms. The van der Waals surface area contributed by atoms with Gasteiger partial charge < -0.3 is 5.32 Å². The third kappa shape index (κ3) is 4.48. The van der Waals surface area contributed by atoms with E-state index in [-0.39, 0.29) is 17.0 Å². The maximum absolute atomic E-state index is 4.55. The second kappa shape index (κ2) is 7.45. The first kappa shape index (κ1) is 14.2. The monoisotopic (exact) mass is 312 g/mol. The van der Waals surface area contributed by atoms with Gasteiger partial charge in [0, 0.05) is 11.1 Å². The minimum absolute atomic E-state index is 0. The summed E-state index contributed by atoms with van der Waals surface area (Å²) < 4.78 is 0. The van der Waals surface area contributed by atoms with E-state index in [4.69, 9.17) is 0 Å². The molecule has 0 amide bonds. The predicted octanol–water partition coefficient (Wildman–Crippen LogP) is 4.81. The molecule has 0 unspecified atom stereocenters. The minimum atomic E-state index is 0. The average molecular weight is 313 g/mol. The lowest BCUT2D eigenvalue weighted by molar-refractivity contribution is 0.782. The molecule has 0 saturated heterocycles. The fraction of sp³-hybridized carbons (Fsp3) is 0.308. The Morgan fingerprint density at radius 3 is 2.71 bits per heavy atom. The first-order valence-electron chi connectivity index (χ1n) is 5.65. The number of thiazole rings is 1. The van der Waals surface area contributed by atoms with Crippen LogP contribution in [-0.2, 0) is 6.42 Å². The number of benzene rings is 1. The van der Waals surface area contributed by atoms with Crippen molar-refractivity contribution in [2.45, 2.75) is 26.2 Å². The van der Waals surface area contributed by atoms with Crippen molar-refractivity contribution < 1.29 is 0 Å². The average Bonchev–Trinajstić information content (AvgIpc) is 2.75. The van der Waals surface area contributed by atoms with Crippen LogP contribution in [0.4, 0.5) is 10.8 Å². The van der Waals surface area contributed by atoms with Crippen LogP contribution in [0, 0.1) is 0 Å². The number of halogens is 1. The standard InChI is InChI=1S/C13H16N2S.BrH/c1-2-3-7-12-10-16-13(15-12)14-11-8-5-4-6-9-11;/h4-6,8-10H,2-3,7H2,1H3,(H,14,15);1H. The first-order chi connectivity index (χ1) is 7.88. The molecular formula is C13H17BrN2S. The molecule has 2 aromatic rings. The molecule has 2 rings (SSSR count). The van der Waals surface area contributed by atoms with Crippen molar-refractivity contribution in [3.8, 4) is 0 Å². The number of aryl methyl sites for hydroxylation is 1. The van der Waals surface area contributed by atoms with E-state index in [1.165, 1.54) is 18.5 Å². The second-order valence-electron chi connectivity index (χ2n) is 3.74. The maximum atomic E-state index is 4.55. The van der Waals surface area contributed by atoms with E-state index >= 15 is 0 Å². The SMILES string of the molecule is Br.CCCCc1csc(Nc2ccccc2)n1. The van der Waals surface area contributed by atoms with E-state index in [0.29, 0.717) is 0 Å². The normalized spacial score (nSPS) is 9.71. The van der Waals surface area contributed by atoms with E-state index in [1.54, 1.807) is 11.3 Å². The zero-order valence-electron chi connectivity index (χ0n) is 9.85. The summed E-state index contributed by atoms with van der Waals surface area (Å²) in [5.74, 6) is 0. The fourth-order valence-corrected chi connectivity index (χ4v) is 2.25. The molecule has 0 bridgehead atoms. The number of hydrogen-bond acceptors (Lipinski definition) is 3. The molecule has 1 heterocycles. The summed E-state index contributed by atoms with van der Waals surface area (Å²) in [5, 5.41) is 6.43. The van der Waals surface area contributed by atoms with Crippen LogP contribution in [0.15, 0.2) is 35.7 Å². The van der Waals surface area contributed by atoms with E-state index in [1.807, 2.05) is 30.3 Å². The third-order valence-electron chi connectivity index (χ3n) is 2.36. The molecule has 0 atom stereocenters. The molecule has 0 saturated carbocycles.